The van der Waals surface area contributed by atoms with Crippen molar-refractivity contribution >= 4 is 24.6 Å². The molecule has 2 aromatic rings. The maximum Gasteiger partial charge on any atom is 0.356 e. The third-order valence-electron chi connectivity index (χ3n) is 4.22. The first-order valence-corrected chi connectivity index (χ1v) is 11.1. The van der Waals surface area contributed by atoms with Crippen molar-refractivity contribution in [3.63, 3.8) is 0 Å². The second kappa shape index (κ2) is 8.69. The summed E-state index contributed by atoms with van der Waals surface area (Å²) in [6.45, 7) is 7.74. The highest BCUT2D eigenvalue weighted by atomic mass is 31.2. The molecule has 0 saturated heterocycles. The molecule has 2 N–H and O–H groups in total. The zero-order chi connectivity index (χ0) is 20.3. The van der Waals surface area contributed by atoms with E-state index in [1.807, 2.05) is 32.3 Å². The van der Waals surface area contributed by atoms with Crippen LogP contribution in [-0.4, -0.2) is 44.7 Å². The van der Waals surface area contributed by atoms with Crippen LogP contribution in [0.15, 0.2) is 24.8 Å². The van der Waals surface area contributed by atoms with E-state index in [1.54, 1.807) is 6.33 Å². The maximum atomic E-state index is 12.8. The lowest BCUT2D eigenvalue weighted by Crippen LogP contribution is -2.14. The minimum Gasteiger partial charge on any atom is -0.382 e. The van der Waals surface area contributed by atoms with E-state index >= 15 is 0 Å². The molecule has 0 spiro atoms. The molecule has 0 radical (unpaired) electrons. The third kappa shape index (κ3) is 4.97. The molecular formula is C18H28N5O4P. The van der Waals surface area contributed by atoms with Crippen LogP contribution in [0.5, 0.6) is 0 Å². The molecule has 2 heterocycles. The Hall–Kier alpha value is -1.80. The lowest BCUT2D eigenvalue weighted by molar-refractivity contribution is 0.0892. The van der Waals surface area contributed by atoms with E-state index in [-0.39, 0.29) is 30.5 Å². The second-order valence-electron chi connectivity index (χ2n) is 7.45. The summed E-state index contributed by atoms with van der Waals surface area (Å²) in [4.78, 5) is 12.6. The van der Waals surface area contributed by atoms with E-state index < -0.39 is 7.60 Å². The fourth-order valence-electron chi connectivity index (χ4n) is 3.24. The van der Waals surface area contributed by atoms with E-state index in [2.05, 4.69) is 27.1 Å². The summed E-state index contributed by atoms with van der Waals surface area (Å²) in [5.74, 6) is 0.560. The third-order valence-corrected chi connectivity index (χ3v) is 6.20. The molecule has 2 aromatic heterocycles. The molecule has 1 aliphatic carbocycles. The highest BCUT2D eigenvalue weighted by Gasteiger charge is 2.29. The molecule has 2 unspecified atom stereocenters. The maximum absolute atomic E-state index is 12.8. The Kier molecular flexibility index (Phi) is 6.50. The topological polar surface area (TPSA) is 114 Å². The van der Waals surface area contributed by atoms with Gasteiger partial charge in [0.2, 0.25) is 0 Å². The molecule has 0 bridgehead atoms. The van der Waals surface area contributed by atoms with Crippen LogP contribution in [0.2, 0.25) is 0 Å². The van der Waals surface area contributed by atoms with Gasteiger partial charge in [-0.3, -0.25) is 4.57 Å². The summed E-state index contributed by atoms with van der Waals surface area (Å²) in [6.07, 6.45) is 7.73. The molecule has 0 aliphatic heterocycles. The Morgan fingerprint density at radius 2 is 1.89 bits per heavy atom. The SMILES string of the molecule is CC(C)OP(=O)(COCC1C=CC(n2cnc3c(N)ncnc32)C1)OC(C)C. The van der Waals surface area contributed by atoms with Crippen molar-refractivity contribution in [2.24, 2.45) is 5.92 Å². The van der Waals surface area contributed by atoms with E-state index in [0.29, 0.717) is 23.6 Å². The lowest BCUT2D eigenvalue weighted by atomic mass is 10.1. The van der Waals surface area contributed by atoms with Crippen molar-refractivity contribution in [2.45, 2.75) is 52.4 Å². The highest BCUT2D eigenvalue weighted by molar-refractivity contribution is 7.53. The summed E-state index contributed by atoms with van der Waals surface area (Å²) >= 11 is 0. The Bertz CT molecular complexity index is 868. The van der Waals surface area contributed by atoms with Crippen LogP contribution in [0.4, 0.5) is 5.82 Å². The van der Waals surface area contributed by atoms with Gasteiger partial charge in [0.05, 0.1) is 31.2 Å². The molecule has 0 saturated carbocycles. The molecule has 28 heavy (non-hydrogen) atoms. The van der Waals surface area contributed by atoms with Gasteiger partial charge in [0.1, 0.15) is 18.2 Å². The fourth-order valence-corrected chi connectivity index (χ4v) is 5.02. The number of imidazole rings is 1. The molecule has 0 fully saturated rings. The lowest BCUT2D eigenvalue weighted by Gasteiger charge is -2.23. The standard InChI is InChI=1S/C18H28N5O4P/c1-12(2)26-28(24,27-13(3)4)11-25-8-14-5-6-15(7-14)23-10-22-16-17(19)20-9-21-18(16)23/h5-6,9-10,12-15H,7-8,11H2,1-4H3,(H2,19,20,21). The van der Waals surface area contributed by atoms with Gasteiger partial charge in [-0.15, -0.1) is 0 Å². The normalized spacial score (nSPS) is 20.1. The van der Waals surface area contributed by atoms with Crippen LogP contribution < -0.4 is 5.73 Å². The molecule has 10 heteroatoms. The zero-order valence-electron chi connectivity index (χ0n) is 16.7. The minimum atomic E-state index is -3.28. The summed E-state index contributed by atoms with van der Waals surface area (Å²) in [7, 11) is -3.28. The van der Waals surface area contributed by atoms with Crippen LogP contribution in [0, 0.1) is 5.92 Å². The number of ether oxygens (including phenoxy) is 1. The predicted octanol–water partition coefficient (Wildman–Crippen LogP) is 3.54. The largest absolute Gasteiger partial charge is 0.382 e. The molecular weight excluding hydrogens is 381 g/mol. The Balaban J connectivity index is 1.57. The van der Waals surface area contributed by atoms with Crippen LogP contribution in [0.1, 0.15) is 40.2 Å². The Morgan fingerprint density at radius 3 is 2.57 bits per heavy atom. The smallest absolute Gasteiger partial charge is 0.356 e. The number of nitrogens with two attached hydrogens (primary N) is 1. The number of hydrogen-bond acceptors (Lipinski definition) is 8. The molecule has 0 amide bonds. The van der Waals surface area contributed by atoms with E-state index in [4.69, 9.17) is 19.5 Å². The Labute approximate surface area is 164 Å². The average Bonchev–Trinajstić information content (AvgIpc) is 3.20. The quantitative estimate of drug-likeness (QED) is 0.494. The van der Waals surface area contributed by atoms with Gasteiger partial charge in [0, 0.05) is 5.92 Å². The van der Waals surface area contributed by atoms with Gasteiger partial charge in [-0.1, -0.05) is 12.2 Å². The first kappa shape index (κ1) is 20.9. The van der Waals surface area contributed by atoms with Gasteiger partial charge >= 0.3 is 7.60 Å². The molecule has 2 atom stereocenters. The minimum absolute atomic E-state index is 0.0594. The first-order valence-electron chi connectivity index (χ1n) is 9.42. The summed E-state index contributed by atoms with van der Waals surface area (Å²) in [6, 6.07) is 0.110. The fraction of sp³-hybridized carbons (Fsp3) is 0.611. The summed E-state index contributed by atoms with van der Waals surface area (Å²) < 4.78 is 31.5. The van der Waals surface area contributed by atoms with Gasteiger partial charge in [-0.25, -0.2) is 15.0 Å². The number of nitrogen functional groups attached to an aromatic ring is 1. The number of allylic oxidation sites excluding steroid dienone is 1. The van der Waals surface area contributed by atoms with Crippen molar-refractivity contribution < 1.29 is 18.3 Å². The second-order valence-corrected chi connectivity index (χ2v) is 9.35. The number of nitrogens with zero attached hydrogens (tertiary/aromatic N) is 4. The molecule has 1 aliphatic rings. The van der Waals surface area contributed by atoms with Gasteiger partial charge in [0.15, 0.2) is 11.5 Å². The molecule has 154 valence electrons. The van der Waals surface area contributed by atoms with Crippen LogP contribution in [0.3, 0.4) is 0 Å². The van der Waals surface area contributed by atoms with E-state index in [1.165, 1.54) is 6.33 Å². The van der Waals surface area contributed by atoms with Crippen molar-refractivity contribution in [1.82, 2.24) is 19.5 Å². The van der Waals surface area contributed by atoms with Gasteiger partial charge in [0.25, 0.3) is 0 Å². The molecule has 0 aromatic carbocycles. The van der Waals surface area contributed by atoms with Gasteiger partial charge in [-0.05, 0) is 34.1 Å². The van der Waals surface area contributed by atoms with Crippen LogP contribution >= 0.6 is 7.60 Å². The van der Waals surface area contributed by atoms with E-state index in [0.717, 1.165) is 6.42 Å². The first-order chi connectivity index (χ1) is 13.3. The molecule has 9 nitrogen and oxygen atoms in total. The Morgan fingerprint density at radius 1 is 1.18 bits per heavy atom. The van der Waals surface area contributed by atoms with Crippen molar-refractivity contribution in [3.05, 3.63) is 24.8 Å². The average molecular weight is 409 g/mol. The number of fused-ring (bicyclic) bond motifs is 1. The summed E-state index contributed by atoms with van der Waals surface area (Å²) in [5, 5.41) is 0. The van der Waals surface area contributed by atoms with E-state index in [9.17, 15) is 4.57 Å². The monoisotopic (exact) mass is 409 g/mol. The van der Waals surface area contributed by atoms with Gasteiger partial charge in [-0.2, -0.15) is 0 Å². The highest BCUT2D eigenvalue weighted by Crippen LogP contribution is 2.50. The zero-order valence-corrected chi connectivity index (χ0v) is 17.6. The predicted molar refractivity (Wildman–Crippen MR) is 107 cm³/mol. The number of hydrogen-bond donors (Lipinski definition) is 1. The number of rotatable bonds is 9. The number of aromatic nitrogens is 4. The van der Waals surface area contributed by atoms with Crippen molar-refractivity contribution in [3.8, 4) is 0 Å². The van der Waals surface area contributed by atoms with Gasteiger partial charge < -0.3 is 24.1 Å². The molecule has 3 rings (SSSR count). The van der Waals surface area contributed by atoms with Crippen LogP contribution in [0.25, 0.3) is 11.2 Å². The van der Waals surface area contributed by atoms with Crippen molar-refractivity contribution in [2.75, 3.05) is 18.7 Å². The number of anilines is 1. The summed E-state index contributed by atoms with van der Waals surface area (Å²) in [5.41, 5.74) is 7.17. The van der Waals surface area contributed by atoms with Crippen molar-refractivity contribution in [1.29, 1.82) is 0 Å². The van der Waals surface area contributed by atoms with Crippen LogP contribution in [-0.2, 0) is 18.3 Å².